The first kappa shape index (κ1) is 13.8. The molecule has 1 fully saturated rings. The Labute approximate surface area is 121 Å². The lowest BCUT2D eigenvalue weighted by Crippen LogP contribution is -2.21. The molecule has 3 rings (SSSR count). The van der Waals surface area contributed by atoms with Crippen molar-refractivity contribution in [3.05, 3.63) is 28.4 Å². The van der Waals surface area contributed by atoms with Crippen LogP contribution < -0.4 is 4.74 Å². The van der Waals surface area contributed by atoms with Crippen LogP contribution in [0.15, 0.2) is 18.3 Å². The number of nitrogens with zero attached hydrogens (tertiary/aromatic N) is 3. The first-order valence-corrected chi connectivity index (χ1v) is 6.98. The van der Waals surface area contributed by atoms with Gasteiger partial charge < -0.3 is 9.84 Å². The van der Waals surface area contributed by atoms with Crippen molar-refractivity contribution < 1.29 is 14.8 Å². The van der Waals surface area contributed by atoms with E-state index < -0.39 is 4.92 Å². The number of methoxy groups -OCH3 is 1. The molecule has 7 nitrogen and oxygen atoms in total. The van der Waals surface area contributed by atoms with Gasteiger partial charge in [-0.2, -0.15) is 5.10 Å². The second-order valence-electron chi connectivity index (χ2n) is 5.41. The maximum Gasteiger partial charge on any atom is 0.311 e. The molecular weight excluding hydrogens is 274 g/mol. The molecule has 0 atom stereocenters. The predicted octanol–water partition coefficient (Wildman–Crippen LogP) is 2.43. The molecule has 1 N–H and O–H groups in total. The molecule has 1 saturated carbocycles. The third-order valence-electron chi connectivity index (χ3n) is 4.06. The molecule has 1 aromatic heterocycles. The van der Waals surface area contributed by atoms with Crippen LogP contribution in [0.1, 0.15) is 31.7 Å². The van der Waals surface area contributed by atoms with E-state index in [0.29, 0.717) is 5.52 Å². The van der Waals surface area contributed by atoms with Gasteiger partial charge in [0.1, 0.15) is 0 Å². The molecule has 1 heterocycles. The van der Waals surface area contributed by atoms with E-state index in [1.165, 1.54) is 13.2 Å². The summed E-state index contributed by atoms with van der Waals surface area (Å²) in [4.78, 5) is 10.6. The number of aromatic nitrogens is 2. The molecule has 7 heteroatoms. The summed E-state index contributed by atoms with van der Waals surface area (Å²) in [5.41, 5.74) is 0.632. The van der Waals surface area contributed by atoms with Crippen LogP contribution in [0, 0.1) is 10.1 Å². The number of rotatable bonds is 3. The van der Waals surface area contributed by atoms with Gasteiger partial charge in [0.25, 0.3) is 0 Å². The van der Waals surface area contributed by atoms with Crippen molar-refractivity contribution in [2.24, 2.45) is 0 Å². The normalized spacial score (nSPS) is 22.4. The number of nitro groups is 1. The summed E-state index contributed by atoms with van der Waals surface area (Å²) in [6, 6.07) is 3.34. The minimum absolute atomic E-state index is 0.0522. The highest BCUT2D eigenvalue weighted by atomic mass is 16.6. The SMILES string of the molecule is COc1cc2nn(C3CCC(O)CC3)cc2cc1[N+](=O)[O-]. The molecule has 0 unspecified atom stereocenters. The topological polar surface area (TPSA) is 90.4 Å². The number of aliphatic hydroxyl groups excluding tert-OH is 1. The van der Waals surface area contributed by atoms with Crippen LogP contribution in [0.25, 0.3) is 10.9 Å². The molecule has 1 aromatic carbocycles. The average Bonchev–Trinajstić information content (AvgIpc) is 2.89. The van der Waals surface area contributed by atoms with Crippen molar-refractivity contribution in [1.82, 2.24) is 9.78 Å². The summed E-state index contributed by atoms with van der Waals surface area (Å²) in [5, 5.41) is 25.8. The molecule has 0 spiro atoms. The number of aliphatic hydroxyl groups is 1. The summed E-state index contributed by atoms with van der Waals surface area (Å²) >= 11 is 0. The fraction of sp³-hybridized carbons (Fsp3) is 0.500. The molecule has 2 aromatic rings. The third kappa shape index (κ3) is 2.56. The Morgan fingerprint density at radius 3 is 2.71 bits per heavy atom. The van der Waals surface area contributed by atoms with E-state index in [1.54, 1.807) is 6.07 Å². The molecule has 0 radical (unpaired) electrons. The summed E-state index contributed by atoms with van der Waals surface area (Å²) in [5.74, 6) is 0.219. The van der Waals surface area contributed by atoms with Crippen molar-refractivity contribution in [3.8, 4) is 5.75 Å². The minimum atomic E-state index is -0.452. The molecule has 0 saturated heterocycles. The maximum atomic E-state index is 11.0. The van der Waals surface area contributed by atoms with Crippen molar-refractivity contribution in [3.63, 3.8) is 0 Å². The summed E-state index contributed by atoms with van der Waals surface area (Å²) < 4.78 is 6.92. The Balaban J connectivity index is 1.98. The van der Waals surface area contributed by atoms with E-state index in [-0.39, 0.29) is 23.6 Å². The van der Waals surface area contributed by atoms with E-state index >= 15 is 0 Å². The van der Waals surface area contributed by atoms with Crippen LogP contribution in [-0.2, 0) is 0 Å². The first-order chi connectivity index (χ1) is 10.1. The lowest BCUT2D eigenvalue weighted by atomic mass is 9.93. The van der Waals surface area contributed by atoms with Gasteiger partial charge in [0, 0.05) is 23.7 Å². The van der Waals surface area contributed by atoms with Crippen LogP contribution in [-0.4, -0.2) is 33.0 Å². The number of benzene rings is 1. The number of nitro benzene ring substituents is 1. The van der Waals surface area contributed by atoms with Crippen LogP contribution in [0.2, 0.25) is 0 Å². The molecule has 1 aliphatic carbocycles. The summed E-state index contributed by atoms with van der Waals surface area (Å²) in [6.45, 7) is 0. The van der Waals surface area contributed by atoms with Crippen molar-refractivity contribution >= 4 is 16.6 Å². The van der Waals surface area contributed by atoms with Crippen molar-refractivity contribution in [1.29, 1.82) is 0 Å². The highest BCUT2D eigenvalue weighted by molar-refractivity contribution is 5.83. The molecule has 0 aliphatic heterocycles. The van der Waals surface area contributed by atoms with Gasteiger partial charge in [0.05, 0.1) is 29.7 Å². The van der Waals surface area contributed by atoms with Gasteiger partial charge >= 0.3 is 5.69 Å². The zero-order valence-corrected chi connectivity index (χ0v) is 11.7. The van der Waals surface area contributed by atoms with Crippen LogP contribution in [0.5, 0.6) is 5.75 Å². The average molecular weight is 291 g/mol. The standard InChI is InChI=1S/C14H17N3O4/c1-21-14-7-12-9(6-13(14)17(19)20)8-16(15-12)10-2-4-11(18)5-3-10/h6-8,10-11,18H,2-5H2,1H3. The van der Waals surface area contributed by atoms with Gasteiger partial charge in [-0.25, -0.2) is 0 Å². The minimum Gasteiger partial charge on any atom is -0.490 e. The molecule has 1 aliphatic rings. The highest BCUT2D eigenvalue weighted by Gasteiger charge is 2.23. The Hall–Kier alpha value is -2.15. The van der Waals surface area contributed by atoms with Crippen LogP contribution >= 0.6 is 0 Å². The number of ether oxygens (including phenoxy) is 1. The fourth-order valence-corrected chi connectivity index (χ4v) is 2.88. The lowest BCUT2D eigenvalue weighted by molar-refractivity contribution is -0.385. The van der Waals surface area contributed by atoms with Crippen LogP contribution in [0.4, 0.5) is 5.69 Å². The van der Waals surface area contributed by atoms with Gasteiger partial charge in [-0.3, -0.25) is 14.8 Å². The number of hydrogen-bond donors (Lipinski definition) is 1. The lowest BCUT2D eigenvalue weighted by Gasteiger charge is -2.25. The molecule has 0 bridgehead atoms. The summed E-state index contributed by atoms with van der Waals surface area (Å²) in [7, 11) is 1.41. The highest BCUT2D eigenvalue weighted by Crippen LogP contribution is 2.34. The second-order valence-corrected chi connectivity index (χ2v) is 5.41. The molecule has 112 valence electrons. The Morgan fingerprint density at radius 1 is 1.38 bits per heavy atom. The van der Waals surface area contributed by atoms with E-state index in [4.69, 9.17) is 4.74 Å². The first-order valence-electron chi connectivity index (χ1n) is 6.98. The van der Waals surface area contributed by atoms with E-state index in [1.807, 2.05) is 10.9 Å². The quantitative estimate of drug-likeness (QED) is 0.692. The van der Waals surface area contributed by atoms with Gasteiger partial charge in [0.2, 0.25) is 0 Å². The number of hydrogen-bond acceptors (Lipinski definition) is 5. The second kappa shape index (κ2) is 5.33. The predicted molar refractivity (Wildman–Crippen MR) is 76.5 cm³/mol. The third-order valence-corrected chi connectivity index (χ3v) is 4.06. The fourth-order valence-electron chi connectivity index (χ4n) is 2.88. The Morgan fingerprint density at radius 2 is 2.10 bits per heavy atom. The summed E-state index contributed by atoms with van der Waals surface area (Å²) in [6.07, 6.45) is 4.90. The molecule has 0 amide bonds. The maximum absolute atomic E-state index is 11.0. The largest absolute Gasteiger partial charge is 0.490 e. The number of fused-ring (bicyclic) bond motifs is 1. The monoisotopic (exact) mass is 291 g/mol. The molecule has 21 heavy (non-hydrogen) atoms. The van der Waals surface area contributed by atoms with E-state index in [9.17, 15) is 15.2 Å². The van der Waals surface area contributed by atoms with E-state index in [2.05, 4.69) is 5.10 Å². The van der Waals surface area contributed by atoms with E-state index in [0.717, 1.165) is 31.1 Å². The Bertz CT molecular complexity index is 674. The zero-order valence-electron chi connectivity index (χ0n) is 11.7. The van der Waals surface area contributed by atoms with Gasteiger partial charge in [-0.15, -0.1) is 0 Å². The van der Waals surface area contributed by atoms with Gasteiger partial charge in [-0.1, -0.05) is 0 Å². The zero-order chi connectivity index (χ0) is 15.0. The van der Waals surface area contributed by atoms with Gasteiger partial charge in [-0.05, 0) is 25.7 Å². The molecular formula is C14H17N3O4. The van der Waals surface area contributed by atoms with Gasteiger partial charge in [0.15, 0.2) is 5.75 Å². The van der Waals surface area contributed by atoms with Crippen LogP contribution in [0.3, 0.4) is 0 Å². The van der Waals surface area contributed by atoms with Crippen molar-refractivity contribution in [2.75, 3.05) is 7.11 Å². The smallest absolute Gasteiger partial charge is 0.311 e. The Kier molecular flexibility index (Phi) is 3.50. The van der Waals surface area contributed by atoms with Crippen molar-refractivity contribution in [2.45, 2.75) is 37.8 Å².